The fourth-order valence-corrected chi connectivity index (χ4v) is 3.28. The Kier molecular flexibility index (Phi) is 5.16. The molecular weight excluding hydrogens is 302 g/mol. The summed E-state index contributed by atoms with van der Waals surface area (Å²) in [7, 11) is -3.40. The van der Waals surface area contributed by atoms with Gasteiger partial charge in [0.25, 0.3) is 0 Å². The highest BCUT2D eigenvalue weighted by atomic mass is 79.9. The molecule has 0 saturated carbocycles. The minimum Gasteiger partial charge on any atom is -0.211 e. The molecule has 1 N–H and O–H groups in total. The monoisotopic (exact) mass is 319 g/mol. The lowest BCUT2D eigenvalue weighted by Gasteiger charge is -2.12. The lowest BCUT2D eigenvalue weighted by Crippen LogP contribution is -2.28. The van der Waals surface area contributed by atoms with Crippen molar-refractivity contribution >= 4 is 26.0 Å². The van der Waals surface area contributed by atoms with Gasteiger partial charge in [-0.3, -0.25) is 0 Å². The molecule has 96 valence electrons. The Morgan fingerprint density at radius 3 is 2.65 bits per heavy atom. The molecule has 0 saturated heterocycles. The lowest BCUT2D eigenvalue weighted by atomic mass is 10.1. The smallest absolute Gasteiger partial charge is 0.211 e. The molecule has 1 aromatic carbocycles. The molecule has 0 radical (unpaired) electrons. The van der Waals surface area contributed by atoms with Gasteiger partial charge in [-0.05, 0) is 30.5 Å². The van der Waals surface area contributed by atoms with Crippen LogP contribution in [0.15, 0.2) is 27.6 Å². The molecule has 17 heavy (non-hydrogen) atoms. The Bertz CT molecular complexity index is 485. The third-order valence-electron chi connectivity index (χ3n) is 2.76. The summed E-state index contributed by atoms with van der Waals surface area (Å²) in [5.74, 6) is 0.345. The fraction of sp³-hybridized carbons (Fsp3) is 0.500. The zero-order valence-electron chi connectivity index (χ0n) is 10.3. The summed E-state index contributed by atoms with van der Waals surface area (Å²) in [6, 6.07) is 5.26. The Morgan fingerprint density at radius 2 is 2.06 bits per heavy atom. The molecule has 1 atom stereocenters. The van der Waals surface area contributed by atoms with Gasteiger partial charge in [0, 0.05) is 11.0 Å². The lowest BCUT2D eigenvalue weighted by molar-refractivity contribution is 0.528. The van der Waals surface area contributed by atoms with E-state index in [9.17, 15) is 8.42 Å². The van der Waals surface area contributed by atoms with Crippen LogP contribution in [-0.2, 0) is 10.0 Å². The third-order valence-corrected chi connectivity index (χ3v) is 4.82. The van der Waals surface area contributed by atoms with Crippen molar-refractivity contribution in [1.29, 1.82) is 0 Å². The van der Waals surface area contributed by atoms with Gasteiger partial charge in [-0.2, -0.15) is 0 Å². The Labute approximate surface area is 112 Å². The molecule has 1 unspecified atom stereocenters. The summed E-state index contributed by atoms with van der Waals surface area (Å²) >= 11 is 3.29. The quantitative estimate of drug-likeness (QED) is 0.906. The number of aryl methyl sites for hydroxylation is 1. The van der Waals surface area contributed by atoms with E-state index < -0.39 is 10.0 Å². The van der Waals surface area contributed by atoms with E-state index >= 15 is 0 Å². The molecule has 3 nitrogen and oxygen atoms in total. The number of hydrogen-bond donors (Lipinski definition) is 1. The number of nitrogens with one attached hydrogen (secondary N) is 1. The van der Waals surface area contributed by atoms with Gasteiger partial charge in [0.1, 0.15) is 0 Å². The summed E-state index contributed by atoms with van der Waals surface area (Å²) in [5.41, 5.74) is 0.754. The van der Waals surface area contributed by atoms with E-state index in [2.05, 4.69) is 20.7 Å². The molecule has 0 aliphatic carbocycles. The first-order valence-electron chi connectivity index (χ1n) is 5.62. The van der Waals surface area contributed by atoms with Gasteiger partial charge in [0.2, 0.25) is 10.0 Å². The highest BCUT2D eigenvalue weighted by molar-refractivity contribution is 9.10. The first-order valence-corrected chi connectivity index (χ1v) is 7.90. The van der Waals surface area contributed by atoms with E-state index in [1.807, 2.05) is 19.9 Å². The molecule has 0 spiro atoms. The van der Waals surface area contributed by atoms with E-state index in [1.54, 1.807) is 19.1 Å². The maximum atomic E-state index is 12.1. The fourth-order valence-electron chi connectivity index (χ4n) is 1.34. The van der Waals surface area contributed by atoms with Crippen molar-refractivity contribution in [2.24, 2.45) is 5.92 Å². The Balaban J connectivity index is 2.93. The van der Waals surface area contributed by atoms with Gasteiger partial charge < -0.3 is 0 Å². The largest absolute Gasteiger partial charge is 0.240 e. The Morgan fingerprint density at radius 1 is 1.41 bits per heavy atom. The maximum absolute atomic E-state index is 12.1. The van der Waals surface area contributed by atoms with Gasteiger partial charge in [-0.1, -0.05) is 42.3 Å². The van der Waals surface area contributed by atoms with Crippen molar-refractivity contribution in [3.8, 4) is 0 Å². The number of halogens is 1. The molecule has 0 aliphatic rings. The topological polar surface area (TPSA) is 46.2 Å². The van der Waals surface area contributed by atoms with Crippen LogP contribution in [0, 0.1) is 12.8 Å². The average Bonchev–Trinajstić information content (AvgIpc) is 2.29. The molecule has 0 heterocycles. The van der Waals surface area contributed by atoms with E-state index in [1.165, 1.54) is 0 Å². The second kappa shape index (κ2) is 5.98. The van der Waals surface area contributed by atoms with E-state index in [0.717, 1.165) is 16.5 Å². The van der Waals surface area contributed by atoms with Gasteiger partial charge in [0.05, 0.1) is 4.90 Å². The minimum absolute atomic E-state index is 0.343. The second-order valence-electron chi connectivity index (χ2n) is 4.28. The highest BCUT2D eigenvalue weighted by Gasteiger charge is 2.17. The van der Waals surface area contributed by atoms with Crippen molar-refractivity contribution in [1.82, 2.24) is 4.72 Å². The summed E-state index contributed by atoms with van der Waals surface area (Å²) in [6.45, 7) is 6.34. The minimum atomic E-state index is -3.40. The van der Waals surface area contributed by atoms with Crippen LogP contribution in [0.3, 0.4) is 0 Å². The van der Waals surface area contributed by atoms with Gasteiger partial charge in [0.15, 0.2) is 0 Å². The molecule has 0 aromatic heterocycles. The van der Waals surface area contributed by atoms with E-state index in [0.29, 0.717) is 17.4 Å². The summed E-state index contributed by atoms with van der Waals surface area (Å²) < 4.78 is 27.6. The number of benzene rings is 1. The van der Waals surface area contributed by atoms with Crippen LogP contribution in [0.1, 0.15) is 25.8 Å². The maximum Gasteiger partial charge on any atom is 0.240 e. The van der Waals surface area contributed by atoms with Gasteiger partial charge in [-0.15, -0.1) is 0 Å². The van der Waals surface area contributed by atoms with Crippen LogP contribution in [0.5, 0.6) is 0 Å². The van der Waals surface area contributed by atoms with Crippen molar-refractivity contribution < 1.29 is 8.42 Å². The van der Waals surface area contributed by atoms with Gasteiger partial charge in [-0.25, -0.2) is 13.1 Å². The molecule has 5 heteroatoms. The van der Waals surface area contributed by atoms with Gasteiger partial charge >= 0.3 is 0 Å². The van der Waals surface area contributed by atoms with Crippen LogP contribution >= 0.6 is 15.9 Å². The van der Waals surface area contributed by atoms with E-state index in [-0.39, 0.29) is 0 Å². The van der Waals surface area contributed by atoms with Crippen LogP contribution in [0.25, 0.3) is 0 Å². The van der Waals surface area contributed by atoms with Crippen LogP contribution in [-0.4, -0.2) is 15.0 Å². The molecule has 1 rings (SSSR count). The predicted octanol–water partition coefficient (Wildman–Crippen LogP) is 3.08. The molecule has 1 aromatic rings. The molecule has 0 bridgehead atoms. The van der Waals surface area contributed by atoms with E-state index in [4.69, 9.17) is 0 Å². The number of hydrogen-bond acceptors (Lipinski definition) is 2. The van der Waals surface area contributed by atoms with Crippen molar-refractivity contribution in [3.05, 3.63) is 28.2 Å². The van der Waals surface area contributed by atoms with Crippen LogP contribution < -0.4 is 4.72 Å². The first-order chi connectivity index (χ1) is 7.86. The summed E-state index contributed by atoms with van der Waals surface area (Å²) in [5, 5.41) is 0. The second-order valence-corrected chi connectivity index (χ2v) is 6.93. The first kappa shape index (κ1) is 14.7. The van der Waals surface area contributed by atoms with Crippen molar-refractivity contribution in [3.63, 3.8) is 0 Å². The summed E-state index contributed by atoms with van der Waals surface area (Å²) in [4.78, 5) is 0.343. The number of sulfonamides is 1. The van der Waals surface area contributed by atoms with Crippen LogP contribution in [0.2, 0.25) is 0 Å². The predicted molar refractivity (Wildman–Crippen MR) is 73.5 cm³/mol. The zero-order valence-corrected chi connectivity index (χ0v) is 12.7. The third kappa shape index (κ3) is 4.08. The van der Waals surface area contributed by atoms with Crippen molar-refractivity contribution in [2.75, 3.05) is 6.54 Å². The average molecular weight is 320 g/mol. The molecular formula is C12H18BrNO2S. The SMILES string of the molecule is CCC(C)CNS(=O)(=O)c1cc(Br)ccc1C. The van der Waals surface area contributed by atoms with Crippen molar-refractivity contribution in [2.45, 2.75) is 32.1 Å². The molecule has 0 fully saturated rings. The normalized spacial score (nSPS) is 13.6. The summed E-state index contributed by atoms with van der Waals surface area (Å²) in [6.07, 6.45) is 0.958. The standard InChI is InChI=1S/C12H18BrNO2S/c1-4-9(2)8-14-17(15,16)12-7-11(13)6-5-10(12)3/h5-7,9,14H,4,8H2,1-3H3. The molecule has 0 amide bonds. The Hall–Kier alpha value is -0.390. The number of rotatable bonds is 5. The molecule has 0 aliphatic heterocycles. The highest BCUT2D eigenvalue weighted by Crippen LogP contribution is 2.20. The van der Waals surface area contributed by atoms with Crippen LogP contribution in [0.4, 0.5) is 0 Å². The zero-order chi connectivity index (χ0) is 13.1.